The van der Waals surface area contributed by atoms with E-state index >= 15 is 0 Å². The van der Waals surface area contributed by atoms with Crippen molar-refractivity contribution in [2.75, 3.05) is 44.2 Å². The highest BCUT2D eigenvalue weighted by atomic mass is 16.5. The number of hydrogen-bond donors (Lipinski definition) is 0. The maximum Gasteiger partial charge on any atom is 0.289 e. The van der Waals surface area contributed by atoms with Crippen molar-refractivity contribution >= 4 is 23.4 Å². The number of hydrogen-bond acceptors (Lipinski definition) is 5. The van der Waals surface area contributed by atoms with Crippen molar-refractivity contribution < 1.29 is 23.5 Å². The van der Waals surface area contributed by atoms with Crippen molar-refractivity contribution in [3.8, 4) is 5.75 Å². The van der Waals surface area contributed by atoms with Gasteiger partial charge in [0, 0.05) is 44.8 Å². The summed E-state index contributed by atoms with van der Waals surface area (Å²) in [7, 11) is 0. The van der Waals surface area contributed by atoms with Gasteiger partial charge in [0.25, 0.3) is 5.91 Å². The molecular weight excluding hydrogens is 386 g/mol. The van der Waals surface area contributed by atoms with Gasteiger partial charge in [-0.1, -0.05) is 0 Å². The summed E-state index contributed by atoms with van der Waals surface area (Å²) in [6.45, 7) is 4.69. The molecule has 0 aliphatic carbocycles. The fourth-order valence-electron chi connectivity index (χ4n) is 3.96. The predicted molar refractivity (Wildman–Crippen MR) is 109 cm³/mol. The van der Waals surface area contributed by atoms with E-state index in [-0.39, 0.29) is 30.1 Å². The smallest absolute Gasteiger partial charge is 0.289 e. The van der Waals surface area contributed by atoms with Crippen molar-refractivity contribution in [1.82, 2.24) is 9.80 Å². The third-order valence-corrected chi connectivity index (χ3v) is 5.54. The number of carbonyl (C=O) groups is 3. The lowest BCUT2D eigenvalue weighted by molar-refractivity contribution is -0.137. The Labute approximate surface area is 175 Å². The van der Waals surface area contributed by atoms with Crippen molar-refractivity contribution in [1.29, 1.82) is 0 Å². The maximum atomic E-state index is 13.0. The zero-order valence-electron chi connectivity index (χ0n) is 17.0. The highest BCUT2D eigenvalue weighted by Crippen LogP contribution is 2.28. The number of ether oxygens (including phenoxy) is 1. The lowest BCUT2D eigenvalue weighted by Gasteiger charge is -2.35. The average molecular weight is 411 g/mol. The summed E-state index contributed by atoms with van der Waals surface area (Å²) in [6.07, 6.45) is 1.68. The summed E-state index contributed by atoms with van der Waals surface area (Å²) in [5.74, 6) is 0.455. The number of amides is 3. The number of carbonyl (C=O) groups excluding carboxylic acids is 3. The molecule has 158 valence electrons. The van der Waals surface area contributed by atoms with Gasteiger partial charge in [0.15, 0.2) is 5.76 Å². The first-order chi connectivity index (χ1) is 14.6. The number of nitrogens with zero attached hydrogens (tertiary/aromatic N) is 3. The van der Waals surface area contributed by atoms with Gasteiger partial charge in [-0.2, -0.15) is 0 Å². The Morgan fingerprint density at radius 3 is 2.40 bits per heavy atom. The molecular formula is C22H25N3O5. The zero-order chi connectivity index (χ0) is 21.1. The molecule has 4 rings (SSSR count). The van der Waals surface area contributed by atoms with E-state index in [2.05, 4.69) is 0 Å². The van der Waals surface area contributed by atoms with Crippen LogP contribution in [0.2, 0.25) is 0 Å². The Hall–Kier alpha value is -3.29. The first-order valence-electron chi connectivity index (χ1n) is 10.2. The topological polar surface area (TPSA) is 83.3 Å². The van der Waals surface area contributed by atoms with Gasteiger partial charge >= 0.3 is 0 Å². The van der Waals surface area contributed by atoms with Crippen LogP contribution in [0.5, 0.6) is 5.75 Å². The molecule has 0 unspecified atom stereocenters. The van der Waals surface area contributed by atoms with Gasteiger partial charge in [-0.05, 0) is 43.3 Å². The molecule has 8 heteroatoms. The van der Waals surface area contributed by atoms with Crippen LogP contribution < -0.4 is 9.64 Å². The van der Waals surface area contributed by atoms with Crippen LogP contribution in [0, 0.1) is 5.92 Å². The molecule has 0 saturated carbocycles. The molecule has 1 aromatic carbocycles. The first kappa shape index (κ1) is 20.0. The van der Waals surface area contributed by atoms with Crippen LogP contribution in [-0.4, -0.2) is 66.9 Å². The highest BCUT2D eigenvalue weighted by molar-refractivity contribution is 6.00. The molecule has 3 heterocycles. The Bertz CT molecular complexity index is 901. The van der Waals surface area contributed by atoms with E-state index in [0.29, 0.717) is 45.1 Å². The normalized spacial score (nSPS) is 19.3. The van der Waals surface area contributed by atoms with E-state index in [9.17, 15) is 14.4 Å². The van der Waals surface area contributed by atoms with Crippen LogP contribution >= 0.6 is 0 Å². The summed E-state index contributed by atoms with van der Waals surface area (Å²) >= 11 is 0. The van der Waals surface area contributed by atoms with Crippen molar-refractivity contribution in [2.45, 2.75) is 13.3 Å². The molecule has 2 aromatic rings. The molecule has 0 N–H and O–H groups in total. The molecule has 0 bridgehead atoms. The Morgan fingerprint density at radius 2 is 1.77 bits per heavy atom. The third kappa shape index (κ3) is 4.03. The summed E-state index contributed by atoms with van der Waals surface area (Å²) in [5, 5.41) is 0. The van der Waals surface area contributed by atoms with Gasteiger partial charge in [-0.25, -0.2) is 0 Å². The SMILES string of the molecule is CCOc1ccc(N2C[C@@H](C(=O)N3CCN(C(=O)c4ccco4)CC3)CC2=O)cc1. The Morgan fingerprint density at radius 1 is 1.07 bits per heavy atom. The molecule has 3 amide bonds. The first-order valence-corrected chi connectivity index (χ1v) is 10.2. The third-order valence-electron chi connectivity index (χ3n) is 5.54. The van der Waals surface area contributed by atoms with E-state index < -0.39 is 0 Å². The molecule has 0 spiro atoms. The molecule has 8 nitrogen and oxygen atoms in total. The van der Waals surface area contributed by atoms with Crippen molar-refractivity contribution in [3.05, 3.63) is 48.4 Å². The minimum absolute atomic E-state index is 0.0260. The van der Waals surface area contributed by atoms with Gasteiger partial charge in [-0.15, -0.1) is 0 Å². The van der Waals surface area contributed by atoms with Gasteiger partial charge in [0.2, 0.25) is 11.8 Å². The standard InChI is InChI=1S/C22H25N3O5/c1-2-29-18-7-5-17(6-8-18)25-15-16(14-20(25)26)21(27)23-9-11-24(12-10-23)22(28)19-4-3-13-30-19/h3-8,13,16H,2,9-12,14-15H2,1H3/t16-/m0/s1. The monoisotopic (exact) mass is 411 g/mol. The van der Waals surface area contributed by atoms with Crippen LogP contribution in [0.25, 0.3) is 0 Å². The number of furan rings is 1. The van der Waals surface area contributed by atoms with E-state index in [1.54, 1.807) is 26.8 Å². The van der Waals surface area contributed by atoms with Crippen molar-refractivity contribution in [3.63, 3.8) is 0 Å². The highest BCUT2D eigenvalue weighted by Gasteiger charge is 2.38. The predicted octanol–water partition coefficient (Wildman–Crippen LogP) is 2.02. The van der Waals surface area contributed by atoms with Gasteiger partial charge in [0.1, 0.15) is 5.75 Å². The fraction of sp³-hybridized carbons (Fsp3) is 0.409. The fourth-order valence-corrected chi connectivity index (χ4v) is 3.96. The van der Waals surface area contributed by atoms with Gasteiger partial charge in [-0.3, -0.25) is 14.4 Å². The zero-order valence-corrected chi connectivity index (χ0v) is 17.0. The molecule has 2 aliphatic heterocycles. The molecule has 30 heavy (non-hydrogen) atoms. The Balaban J connectivity index is 1.33. The summed E-state index contributed by atoms with van der Waals surface area (Å²) in [5.41, 5.74) is 0.771. The van der Waals surface area contributed by atoms with Crippen molar-refractivity contribution in [2.24, 2.45) is 5.92 Å². The number of rotatable bonds is 5. The molecule has 1 atom stereocenters. The largest absolute Gasteiger partial charge is 0.494 e. The second-order valence-corrected chi connectivity index (χ2v) is 7.43. The summed E-state index contributed by atoms with van der Waals surface area (Å²) in [4.78, 5) is 43.0. The van der Waals surface area contributed by atoms with E-state index in [1.165, 1.54) is 6.26 Å². The number of anilines is 1. The van der Waals surface area contributed by atoms with Gasteiger partial charge < -0.3 is 23.9 Å². The van der Waals surface area contributed by atoms with E-state index in [0.717, 1.165) is 11.4 Å². The second kappa shape index (κ2) is 8.61. The molecule has 2 fully saturated rings. The maximum absolute atomic E-state index is 13.0. The van der Waals surface area contributed by atoms with Crippen LogP contribution in [0.4, 0.5) is 5.69 Å². The molecule has 1 aromatic heterocycles. The van der Waals surface area contributed by atoms with E-state index in [4.69, 9.17) is 9.15 Å². The van der Waals surface area contributed by atoms with E-state index in [1.807, 2.05) is 31.2 Å². The Kier molecular flexibility index (Phi) is 5.74. The molecule has 0 radical (unpaired) electrons. The minimum Gasteiger partial charge on any atom is -0.494 e. The van der Waals surface area contributed by atoms with Gasteiger partial charge in [0.05, 0.1) is 18.8 Å². The lowest BCUT2D eigenvalue weighted by atomic mass is 10.1. The summed E-state index contributed by atoms with van der Waals surface area (Å²) < 4.78 is 10.6. The minimum atomic E-state index is -0.364. The second-order valence-electron chi connectivity index (χ2n) is 7.43. The summed E-state index contributed by atoms with van der Waals surface area (Å²) in [6, 6.07) is 10.7. The quantitative estimate of drug-likeness (QED) is 0.752. The lowest BCUT2D eigenvalue weighted by Crippen LogP contribution is -2.52. The molecule has 2 saturated heterocycles. The number of benzene rings is 1. The van der Waals surface area contributed by atoms with Crippen LogP contribution in [0.3, 0.4) is 0 Å². The van der Waals surface area contributed by atoms with Crippen LogP contribution in [-0.2, 0) is 9.59 Å². The number of piperazine rings is 1. The van der Waals surface area contributed by atoms with Crippen LogP contribution in [0.15, 0.2) is 47.1 Å². The average Bonchev–Trinajstić information content (AvgIpc) is 3.44. The molecule has 2 aliphatic rings. The van der Waals surface area contributed by atoms with Crippen LogP contribution in [0.1, 0.15) is 23.9 Å².